The van der Waals surface area contributed by atoms with Crippen LogP contribution in [0.4, 0.5) is 17.1 Å². The summed E-state index contributed by atoms with van der Waals surface area (Å²) in [6.45, 7) is 5.40. The Bertz CT molecular complexity index is 848. The van der Waals surface area contributed by atoms with Crippen LogP contribution in [0.1, 0.15) is 24.2 Å². The molecule has 0 radical (unpaired) electrons. The van der Waals surface area contributed by atoms with Crippen LogP contribution in [0.15, 0.2) is 36.4 Å². The third-order valence-corrected chi connectivity index (χ3v) is 3.82. The number of nitrogens with zero attached hydrogens (tertiary/aromatic N) is 3. The summed E-state index contributed by atoms with van der Waals surface area (Å²) in [4.78, 5) is 33.9. The molecule has 0 N–H and O–H groups in total. The fourth-order valence-corrected chi connectivity index (χ4v) is 2.46. The van der Waals surface area contributed by atoms with E-state index < -0.39 is 21.2 Å². The van der Waals surface area contributed by atoms with Gasteiger partial charge in [-0.1, -0.05) is 0 Å². The van der Waals surface area contributed by atoms with Gasteiger partial charge in [0, 0.05) is 30.9 Å². The number of hydrogen-bond donors (Lipinski definition) is 0. The smallest absolute Gasteiger partial charge is 0.318 e. The molecule has 0 bridgehead atoms. The molecule has 2 aromatic carbocycles. The molecule has 26 heavy (non-hydrogen) atoms. The summed E-state index contributed by atoms with van der Waals surface area (Å²) in [7, 11) is 0. The van der Waals surface area contributed by atoms with Crippen molar-refractivity contribution in [3.63, 3.8) is 0 Å². The van der Waals surface area contributed by atoms with Crippen LogP contribution >= 0.6 is 0 Å². The standard InChI is InChI=1S/C17H17N3O6/c1-3-18(4-2)13-6-5-12(11-21)17(10-13)26-16-8-7-14(19(22)23)9-15(16)20(24)25/h5-11H,3-4H2,1-2H3. The largest absolute Gasteiger partial charge is 0.449 e. The summed E-state index contributed by atoms with van der Waals surface area (Å²) < 4.78 is 5.59. The molecular formula is C17H17N3O6. The second kappa shape index (κ2) is 8.06. The van der Waals surface area contributed by atoms with Crippen LogP contribution < -0.4 is 9.64 Å². The topological polar surface area (TPSA) is 116 Å². The zero-order chi connectivity index (χ0) is 19.3. The molecule has 136 valence electrons. The van der Waals surface area contributed by atoms with Crippen molar-refractivity contribution in [1.82, 2.24) is 0 Å². The van der Waals surface area contributed by atoms with Crippen molar-refractivity contribution in [3.8, 4) is 11.5 Å². The molecule has 0 unspecified atom stereocenters. The Hall–Kier alpha value is -3.49. The van der Waals surface area contributed by atoms with Gasteiger partial charge in [0.05, 0.1) is 21.5 Å². The summed E-state index contributed by atoms with van der Waals surface area (Å²) >= 11 is 0. The van der Waals surface area contributed by atoms with Gasteiger partial charge in [-0.2, -0.15) is 0 Å². The number of nitro groups is 2. The predicted octanol–water partition coefficient (Wildman–Crippen LogP) is 3.95. The molecule has 9 nitrogen and oxygen atoms in total. The molecule has 0 spiro atoms. The molecule has 0 atom stereocenters. The van der Waals surface area contributed by atoms with E-state index in [1.54, 1.807) is 18.2 Å². The number of carbonyl (C=O) groups is 1. The molecule has 2 aromatic rings. The lowest BCUT2D eigenvalue weighted by Gasteiger charge is -2.22. The fraction of sp³-hybridized carbons (Fsp3) is 0.235. The van der Waals surface area contributed by atoms with Gasteiger partial charge in [0.25, 0.3) is 5.69 Å². The molecule has 0 saturated carbocycles. The fourth-order valence-electron chi connectivity index (χ4n) is 2.46. The number of ether oxygens (including phenoxy) is 1. The second-order valence-electron chi connectivity index (χ2n) is 5.28. The lowest BCUT2D eigenvalue weighted by Crippen LogP contribution is -2.21. The summed E-state index contributed by atoms with van der Waals surface area (Å²) in [5.41, 5.74) is 0.0366. The Kier molecular flexibility index (Phi) is 5.84. The molecule has 0 saturated heterocycles. The van der Waals surface area contributed by atoms with Gasteiger partial charge in [-0.05, 0) is 32.0 Å². The second-order valence-corrected chi connectivity index (χ2v) is 5.28. The summed E-state index contributed by atoms with van der Waals surface area (Å²) in [5, 5.41) is 22.1. The van der Waals surface area contributed by atoms with Gasteiger partial charge in [-0.25, -0.2) is 0 Å². The van der Waals surface area contributed by atoms with Crippen LogP contribution in [0.25, 0.3) is 0 Å². The Morgan fingerprint density at radius 3 is 2.23 bits per heavy atom. The Labute approximate surface area is 149 Å². The first-order chi connectivity index (χ1) is 12.4. The monoisotopic (exact) mass is 359 g/mol. The van der Waals surface area contributed by atoms with Crippen molar-refractivity contribution in [3.05, 3.63) is 62.2 Å². The highest BCUT2D eigenvalue weighted by Gasteiger charge is 2.22. The maximum Gasteiger partial charge on any atom is 0.318 e. The van der Waals surface area contributed by atoms with E-state index in [0.717, 1.165) is 37.0 Å². The molecule has 0 aliphatic heterocycles. The molecule has 0 amide bonds. The Morgan fingerprint density at radius 2 is 1.69 bits per heavy atom. The summed E-state index contributed by atoms with van der Waals surface area (Å²) in [6, 6.07) is 8.01. The van der Waals surface area contributed by atoms with E-state index in [9.17, 15) is 25.0 Å². The van der Waals surface area contributed by atoms with E-state index in [1.807, 2.05) is 18.7 Å². The minimum absolute atomic E-state index is 0.140. The lowest BCUT2D eigenvalue weighted by molar-refractivity contribution is -0.394. The maximum atomic E-state index is 11.3. The molecular weight excluding hydrogens is 342 g/mol. The number of rotatable bonds is 8. The highest BCUT2D eigenvalue weighted by molar-refractivity contribution is 5.81. The van der Waals surface area contributed by atoms with Gasteiger partial charge in [0.1, 0.15) is 5.75 Å². The molecule has 2 rings (SSSR count). The third-order valence-electron chi connectivity index (χ3n) is 3.82. The van der Waals surface area contributed by atoms with Crippen molar-refractivity contribution in [1.29, 1.82) is 0 Å². The van der Waals surface area contributed by atoms with Gasteiger partial charge >= 0.3 is 5.69 Å². The summed E-state index contributed by atoms with van der Waals surface area (Å²) in [5.74, 6) is -0.0400. The number of anilines is 1. The van der Waals surface area contributed by atoms with Crippen LogP contribution in [0.2, 0.25) is 0 Å². The van der Waals surface area contributed by atoms with E-state index in [0.29, 0.717) is 6.29 Å². The Morgan fingerprint density at radius 1 is 1.00 bits per heavy atom. The highest BCUT2D eigenvalue weighted by atomic mass is 16.6. The van der Waals surface area contributed by atoms with E-state index in [1.165, 1.54) is 0 Å². The first-order valence-corrected chi connectivity index (χ1v) is 7.86. The summed E-state index contributed by atoms with van der Waals surface area (Å²) in [6.07, 6.45) is 0.582. The molecule has 9 heteroatoms. The van der Waals surface area contributed by atoms with Crippen LogP contribution in [0, 0.1) is 20.2 Å². The van der Waals surface area contributed by atoms with Gasteiger partial charge in [0.2, 0.25) is 5.75 Å². The number of non-ortho nitro benzene ring substituents is 1. The minimum atomic E-state index is -0.767. The van der Waals surface area contributed by atoms with Gasteiger partial charge in [-0.3, -0.25) is 25.0 Å². The van der Waals surface area contributed by atoms with Crippen molar-refractivity contribution in [2.45, 2.75) is 13.8 Å². The van der Waals surface area contributed by atoms with Crippen LogP contribution in [0.5, 0.6) is 11.5 Å². The molecule has 0 fully saturated rings. The Balaban J connectivity index is 2.50. The third kappa shape index (κ3) is 3.94. The van der Waals surface area contributed by atoms with Crippen LogP contribution in [0.3, 0.4) is 0 Å². The lowest BCUT2D eigenvalue weighted by atomic mass is 10.1. The zero-order valence-electron chi connectivity index (χ0n) is 14.2. The number of carbonyl (C=O) groups excluding carboxylic acids is 1. The molecule has 0 aliphatic carbocycles. The van der Waals surface area contributed by atoms with E-state index >= 15 is 0 Å². The van der Waals surface area contributed by atoms with Gasteiger partial charge < -0.3 is 9.64 Å². The zero-order valence-corrected chi connectivity index (χ0v) is 14.2. The van der Waals surface area contributed by atoms with Crippen molar-refractivity contribution < 1.29 is 19.4 Å². The average Bonchev–Trinajstić information content (AvgIpc) is 2.63. The number of hydrogen-bond acceptors (Lipinski definition) is 7. The predicted molar refractivity (Wildman–Crippen MR) is 95.2 cm³/mol. The van der Waals surface area contributed by atoms with E-state index in [4.69, 9.17) is 4.74 Å². The molecule has 0 aromatic heterocycles. The van der Waals surface area contributed by atoms with Crippen molar-refractivity contribution in [2.75, 3.05) is 18.0 Å². The average molecular weight is 359 g/mol. The van der Waals surface area contributed by atoms with E-state index in [2.05, 4.69) is 0 Å². The number of aldehydes is 1. The first-order valence-electron chi connectivity index (χ1n) is 7.86. The molecule has 0 aliphatic rings. The number of nitro benzene ring substituents is 2. The highest BCUT2D eigenvalue weighted by Crippen LogP contribution is 2.36. The van der Waals surface area contributed by atoms with Gasteiger partial charge in [-0.15, -0.1) is 0 Å². The van der Waals surface area contributed by atoms with Gasteiger partial charge in [0.15, 0.2) is 6.29 Å². The van der Waals surface area contributed by atoms with E-state index in [-0.39, 0.29) is 17.1 Å². The minimum Gasteiger partial charge on any atom is -0.449 e. The maximum absolute atomic E-state index is 11.3. The van der Waals surface area contributed by atoms with Crippen molar-refractivity contribution >= 4 is 23.3 Å². The number of benzene rings is 2. The van der Waals surface area contributed by atoms with Crippen molar-refractivity contribution in [2.24, 2.45) is 0 Å². The quantitative estimate of drug-likeness (QED) is 0.398. The normalized spacial score (nSPS) is 10.2. The SMILES string of the molecule is CCN(CC)c1ccc(C=O)c(Oc2ccc([N+](=O)[O-])cc2[N+](=O)[O-])c1. The molecule has 0 heterocycles. The van der Waals surface area contributed by atoms with Crippen LogP contribution in [-0.4, -0.2) is 29.2 Å². The van der Waals surface area contributed by atoms with Crippen LogP contribution in [-0.2, 0) is 0 Å². The first kappa shape index (κ1) is 18.8.